The second kappa shape index (κ2) is 5.28. The highest BCUT2D eigenvalue weighted by atomic mass is 16.2. The number of nitrogens with one attached hydrogen (secondary N) is 1. The summed E-state index contributed by atoms with van der Waals surface area (Å²) in [5, 5.41) is 12.7. The van der Waals surface area contributed by atoms with Crippen molar-refractivity contribution in [1.82, 2.24) is 5.43 Å². The highest BCUT2D eigenvalue weighted by Gasteiger charge is 2.17. The molecule has 1 aromatic carbocycles. The number of hydrogen-bond donors (Lipinski definition) is 1. The summed E-state index contributed by atoms with van der Waals surface area (Å²) in [5.41, 5.74) is 4.97. The van der Waals surface area contributed by atoms with Crippen LogP contribution in [0.5, 0.6) is 0 Å². The lowest BCUT2D eigenvalue weighted by Gasteiger charge is -2.15. The number of hydrogen-bond acceptors (Lipinski definition) is 3. The summed E-state index contributed by atoms with van der Waals surface area (Å²) in [6.45, 7) is 1.97. The Balaban J connectivity index is 2.11. The van der Waals surface area contributed by atoms with Gasteiger partial charge in [0.25, 0.3) is 0 Å². The average Bonchev–Trinajstić information content (AvgIpc) is 2.38. The molecule has 1 aromatic rings. The summed E-state index contributed by atoms with van der Waals surface area (Å²) < 4.78 is 0. The summed E-state index contributed by atoms with van der Waals surface area (Å²) in [6.07, 6.45) is 4.29. The quantitative estimate of drug-likeness (QED) is 0.858. The summed E-state index contributed by atoms with van der Waals surface area (Å²) in [7, 11) is 0. The maximum absolute atomic E-state index is 11.1. The minimum Gasteiger partial charge on any atom is -0.273 e. The third-order valence-corrected chi connectivity index (χ3v) is 2.79. The Morgan fingerprint density at radius 2 is 2.11 bits per heavy atom. The number of rotatable bonds is 2. The van der Waals surface area contributed by atoms with Gasteiger partial charge < -0.3 is 0 Å². The van der Waals surface area contributed by atoms with Crippen molar-refractivity contribution in [1.29, 1.82) is 5.26 Å². The van der Waals surface area contributed by atoms with E-state index in [2.05, 4.69) is 16.6 Å². The summed E-state index contributed by atoms with van der Waals surface area (Å²) in [5.74, 6) is 0.0893. The molecule has 1 atom stereocenters. The molecule has 1 aliphatic heterocycles. The zero-order chi connectivity index (χ0) is 13.0. The van der Waals surface area contributed by atoms with Crippen LogP contribution in [0.15, 0.2) is 35.4 Å². The topological polar surface area (TPSA) is 65.2 Å². The molecule has 1 unspecified atom stereocenters. The van der Waals surface area contributed by atoms with Crippen molar-refractivity contribution in [2.45, 2.75) is 13.3 Å². The van der Waals surface area contributed by atoms with Gasteiger partial charge in [-0.1, -0.05) is 25.1 Å². The maximum atomic E-state index is 11.1. The minimum absolute atomic E-state index is 0.0435. The van der Waals surface area contributed by atoms with Crippen molar-refractivity contribution in [3.05, 3.63) is 41.5 Å². The van der Waals surface area contributed by atoms with E-state index in [1.54, 1.807) is 12.1 Å². The van der Waals surface area contributed by atoms with Gasteiger partial charge in [-0.25, -0.2) is 5.43 Å². The van der Waals surface area contributed by atoms with Crippen LogP contribution in [-0.2, 0) is 4.79 Å². The zero-order valence-electron chi connectivity index (χ0n) is 10.1. The van der Waals surface area contributed by atoms with Crippen LogP contribution >= 0.6 is 0 Å². The Morgan fingerprint density at radius 1 is 1.39 bits per heavy atom. The van der Waals surface area contributed by atoms with Gasteiger partial charge in [-0.2, -0.15) is 10.4 Å². The smallest absolute Gasteiger partial charge is 0.240 e. The lowest BCUT2D eigenvalue weighted by atomic mass is 9.99. The van der Waals surface area contributed by atoms with Crippen molar-refractivity contribution in [2.75, 3.05) is 0 Å². The van der Waals surface area contributed by atoms with E-state index in [0.29, 0.717) is 12.0 Å². The molecule has 4 heteroatoms. The summed E-state index contributed by atoms with van der Waals surface area (Å²) in [4.78, 5) is 11.1. The third-order valence-electron chi connectivity index (χ3n) is 2.79. The molecular weight excluding hydrogens is 226 g/mol. The number of carbonyl (C=O) groups excluding carboxylic acids is 1. The molecule has 0 bridgehead atoms. The Hall–Kier alpha value is -2.41. The predicted octanol–water partition coefficient (Wildman–Crippen LogP) is 2.08. The van der Waals surface area contributed by atoms with E-state index < -0.39 is 0 Å². The fourth-order valence-electron chi connectivity index (χ4n) is 1.72. The molecule has 1 amide bonds. The van der Waals surface area contributed by atoms with Gasteiger partial charge in [0, 0.05) is 12.3 Å². The van der Waals surface area contributed by atoms with E-state index in [1.807, 2.05) is 31.2 Å². The first-order valence-corrected chi connectivity index (χ1v) is 5.73. The van der Waals surface area contributed by atoms with E-state index in [4.69, 9.17) is 5.26 Å². The molecule has 0 fully saturated rings. The first kappa shape index (κ1) is 12.1. The number of hydrazone groups is 1. The van der Waals surface area contributed by atoms with Crippen LogP contribution in [-0.4, -0.2) is 11.6 Å². The number of nitrogens with zero attached hydrogens (tertiary/aromatic N) is 2. The van der Waals surface area contributed by atoms with Gasteiger partial charge in [0.2, 0.25) is 5.91 Å². The number of nitriles is 1. The minimum atomic E-state index is -0.0435. The van der Waals surface area contributed by atoms with Gasteiger partial charge in [0.1, 0.15) is 0 Å². The molecule has 0 saturated heterocycles. The highest BCUT2D eigenvalue weighted by molar-refractivity contribution is 6.03. The van der Waals surface area contributed by atoms with Crippen molar-refractivity contribution < 1.29 is 4.79 Å². The molecule has 90 valence electrons. The van der Waals surface area contributed by atoms with Gasteiger partial charge in [-0.15, -0.1) is 0 Å². The molecule has 18 heavy (non-hydrogen) atoms. The third kappa shape index (κ3) is 2.83. The van der Waals surface area contributed by atoms with Crippen molar-refractivity contribution >= 4 is 17.7 Å². The van der Waals surface area contributed by atoms with Gasteiger partial charge in [0.05, 0.1) is 17.3 Å². The van der Waals surface area contributed by atoms with Crippen LogP contribution in [0.4, 0.5) is 0 Å². The number of allylic oxidation sites excluding steroid dienone is 1. The molecule has 4 nitrogen and oxygen atoms in total. The van der Waals surface area contributed by atoms with Crippen LogP contribution in [0.3, 0.4) is 0 Å². The van der Waals surface area contributed by atoms with E-state index in [1.165, 1.54) is 0 Å². The molecule has 1 aliphatic rings. The zero-order valence-corrected chi connectivity index (χ0v) is 10.1. The average molecular weight is 239 g/mol. The van der Waals surface area contributed by atoms with Crippen LogP contribution in [0.2, 0.25) is 0 Å². The number of amides is 1. The lowest BCUT2D eigenvalue weighted by Crippen LogP contribution is -2.30. The lowest BCUT2D eigenvalue weighted by molar-refractivity contribution is -0.121. The van der Waals surface area contributed by atoms with Crippen molar-refractivity contribution in [2.24, 2.45) is 11.0 Å². The van der Waals surface area contributed by atoms with Crippen LogP contribution in [0.25, 0.3) is 6.08 Å². The van der Waals surface area contributed by atoms with Crippen molar-refractivity contribution in [3.8, 4) is 6.07 Å². The molecule has 0 aliphatic carbocycles. The van der Waals surface area contributed by atoms with Crippen LogP contribution < -0.4 is 5.43 Å². The maximum Gasteiger partial charge on any atom is 0.240 e. The predicted molar refractivity (Wildman–Crippen MR) is 69.5 cm³/mol. The fraction of sp³-hybridized carbons (Fsp3) is 0.214. The van der Waals surface area contributed by atoms with E-state index in [-0.39, 0.29) is 11.8 Å². The first-order chi connectivity index (χ1) is 8.69. The highest BCUT2D eigenvalue weighted by Crippen LogP contribution is 2.12. The second-order valence-electron chi connectivity index (χ2n) is 4.24. The van der Waals surface area contributed by atoms with Crippen molar-refractivity contribution in [3.63, 3.8) is 0 Å². The summed E-state index contributed by atoms with van der Waals surface area (Å²) >= 11 is 0. The van der Waals surface area contributed by atoms with Gasteiger partial charge >= 0.3 is 0 Å². The Labute approximate surface area is 106 Å². The van der Waals surface area contributed by atoms with Gasteiger partial charge in [-0.05, 0) is 23.8 Å². The largest absolute Gasteiger partial charge is 0.273 e. The monoisotopic (exact) mass is 239 g/mol. The molecule has 0 saturated carbocycles. The molecule has 0 radical (unpaired) electrons. The van der Waals surface area contributed by atoms with Gasteiger partial charge in [-0.3, -0.25) is 4.79 Å². The molecule has 2 rings (SSSR count). The van der Waals surface area contributed by atoms with Crippen LogP contribution in [0.1, 0.15) is 24.5 Å². The second-order valence-corrected chi connectivity index (χ2v) is 4.24. The molecular formula is C14H13N3O. The molecule has 1 N–H and O–H groups in total. The van der Waals surface area contributed by atoms with E-state index in [0.717, 1.165) is 11.3 Å². The fourth-order valence-corrected chi connectivity index (χ4v) is 1.72. The Bertz CT molecular complexity index is 549. The van der Waals surface area contributed by atoms with E-state index in [9.17, 15) is 4.79 Å². The standard InChI is InChI=1S/C14H13N3O/c1-10-8-14(18)17-16-13(10)7-6-11-2-4-12(9-15)5-3-11/h2-7,10H,8H2,1H3,(H,17,18). The SMILES string of the molecule is CC1CC(=O)NN=C1C=Cc1ccc(C#N)cc1. The molecule has 0 spiro atoms. The number of benzene rings is 1. The van der Waals surface area contributed by atoms with Crippen LogP contribution in [0, 0.1) is 17.2 Å². The Morgan fingerprint density at radius 3 is 2.72 bits per heavy atom. The van der Waals surface area contributed by atoms with E-state index >= 15 is 0 Å². The Kier molecular flexibility index (Phi) is 3.54. The molecule has 0 aromatic heterocycles. The van der Waals surface area contributed by atoms with Gasteiger partial charge in [0.15, 0.2) is 0 Å². The molecule has 1 heterocycles. The normalized spacial score (nSPS) is 19.2. The first-order valence-electron chi connectivity index (χ1n) is 5.73. The summed E-state index contributed by atoms with van der Waals surface area (Å²) in [6, 6.07) is 9.37. The number of carbonyl (C=O) groups is 1.